The van der Waals surface area contributed by atoms with E-state index in [0.717, 1.165) is 18.9 Å². The highest BCUT2D eigenvalue weighted by Gasteiger charge is 2.17. The van der Waals surface area contributed by atoms with E-state index in [4.69, 9.17) is 27.9 Å². The van der Waals surface area contributed by atoms with E-state index < -0.39 is 4.92 Å². The van der Waals surface area contributed by atoms with Crippen LogP contribution in [0.3, 0.4) is 0 Å². The summed E-state index contributed by atoms with van der Waals surface area (Å²) in [7, 11) is 0. The van der Waals surface area contributed by atoms with Crippen LogP contribution in [0.1, 0.15) is 110 Å². The Labute approximate surface area is 265 Å². The Kier molecular flexibility index (Phi) is 15.6. The minimum atomic E-state index is -0.606. The Morgan fingerprint density at radius 2 is 1.23 bits per heavy atom. The number of hydrogen-bond donors (Lipinski definition) is 1. The van der Waals surface area contributed by atoms with Crippen molar-refractivity contribution in [3.05, 3.63) is 62.6 Å². The molecule has 0 fully saturated rings. The number of nitro groups is 1. The van der Waals surface area contributed by atoms with Crippen molar-refractivity contribution in [1.82, 2.24) is 0 Å². The minimum Gasteiger partial charge on any atom is -0.504 e. The summed E-state index contributed by atoms with van der Waals surface area (Å²) in [4.78, 5) is 10.5. The molecule has 43 heavy (non-hydrogen) atoms. The molecule has 0 amide bonds. The van der Waals surface area contributed by atoms with E-state index in [1.54, 1.807) is 12.1 Å². The zero-order chi connectivity index (χ0) is 30.9. The molecule has 0 aliphatic heterocycles. The Morgan fingerprint density at radius 3 is 1.79 bits per heavy atom. The maximum Gasteiger partial charge on any atom is 0.289 e. The fourth-order valence-corrected chi connectivity index (χ4v) is 5.61. The molecule has 0 bridgehead atoms. The predicted octanol–water partition coefficient (Wildman–Crippen LogP) is 12.8. The summed E-state index contributed by atoms with van der Waals surface area (Å²) in [5.41, 5.74) is 0.372. The van der Waals surface area contributed by atoms with Crippen LogP contribution in [0.15, 0.2) is 52.7 Å². The van der Waals surface area contributed by atoms with Crippen molar-refractivity contribution < 1.29 is 14.8 Å². The van der Waals surface area contributed by atoms with E-state index in [1.165, 1.54) is 96.0 Å². The molecule has 0 unspecified atom stereocenters. The molecule has 0 spiro atoms. The molecule has 7 nitrogen and oxygen atoms in total. The van der Waals surface area contributed by atoms with Crippen LogP contribution in [0.2, 0.25) is 10.0 Å². The van der Waals surface area contributed by atoms with Crippen LogP contribution in [-0.4, -0.2) is 16.6 Å². The summed E-state index contributed by atoms with van der Waals surface area (Å²) in [5.74, 6) is 0.392. The van der Waals surface area contributed by atoms with Crippen molar-refractivity contribution in [3.63, 3.8) is 0 Å². The van der Waals surface area contributed by atoms with E-state index in [-0.39, 0.29) is 27.2 Å². The SMILES string of the molecule is CCCCCCCCCCCCCCCCCCOc1cc(/N=N/c2cc(Cl)c([N+](=O)[O-])cc2Cl)c2ccccc2c1O. The maximum atomic E-state index is 11.1. The largest absolute Gasteiger partial charge is 0.504 e. The lowest BCUT2D eigenvalue weighted by atomic mass is 10.0. The van der Waals surface area contributed by atoms with Crippen LogP contribution in [0.4, 0.5) is 17.1 Å². The number of halogens is 2. The van der Waals surface area contributed by atoms with Gasteiger partial charge in [-0.05, 0) is 12.5 Å². The first-order valence-corrected chi connectivity index (χ1v) is 16.6. The zero-order valence-electron chi connectivity index (χ0n) is 25.3. The van der Waals surface area contributed by atoms with Gasteiger partial charge in [0.1, 0.15) is 10.7 Å². The van der Waals surface area contributed by atoms with E-state index >= 15 is 0 Å². The molecule has 9 heteroatoms. The molecule has 0 saturated carbocycles. The Hall–Kier alpha value is -2.90. The Balaban J connectivity index is 1.41. The highest BCUT2D eigenvalue weighted by atomic mass is 35.5. The molecular formula is C34H45Cl2N3O4. The lowest BCUT2D eigenvalue weighted by Gasteiger charge is -2.12. The fraction of sp³-hybridized carbons (Fsp3) is 0.529. The van der Waals surface area contributed by atoms with Crippen molar-refractivity contribution in [1.29, 1.82) is 0 Å². The van der Waals surface area contributed by atoms with Crippen molar-refractivity contribution in [2.45, 2.75) is 110 Å². The topological polar surface area (TPSA) is 97.3 Å². The third kappa shape index (κ3) is 11.6. The molecule has 0 aliphatic rings. The summed E-state index contributed by atoms with van der Waals surface area (Å²) >= 11 is 12.2. The molecule has 0 radical (unpaired) electrons. The standard InChI is InChI=1S/C34H45Cl2N3O4/c1-2-3-4-5-6-7-8-9-10-11-12-13-14-15-16-19-22-43-33-25-30(26-20-17-18-21-27(26)34(33)40)37-38-31-23-29(36)32(39(41)42)24-28(31)35/h17-18,20-21,23-25,40H,2-16,19,22H2,1H3/b38-37+. The average molecular weight is 631 g/mol. The van der Waals surface area contributed by atoms with Crippen molar-refractivity contribution in [3.8, 4) is 11.5 Å². The van der Waals surface area contributed by atoms with Gasteiger partial charge in [0.25, 0.3) is 5.69 Å². The second kappa shape index (κ2) is 19.4. The number of ether oxygens (including phenoxy) is 1. The van der Waals surface area contributed by atoms with E-state index in [2.05, 4.69) is 17.2 Å². The molecule has 3 rings (SSSR count). The number of benzene rings is 3. The minimum absolute atomic E-state index is 0.0578. The van der Waals surface area contributed by atoms with Gasteiger partial charge < -0.3 is 9.84 Å². The predicted molar refractivity (Wildman–Crippen MR) is 178 cm³/mol. The van der Waals surface area contributed by atoms with E-state index in [1.807, 2.05) is 18.2 Å². The van der Waals surface area contributed by atoms with Gasteiger partial charge in [-0.2, -0.15) is 0 Å². The number of azo groups is 1. The van der Waals surface area contributed by atoms with Gasteiger partial charge in [0.2, 0.25) is 0 Å². The van der Waals surface area contributed by atoms with Crippen LogP contribution < -0.4 is 4.74 Å². The molecule has 3 aromatic carbocycles. The van der Waals surface area contributed by atoms with Crippen molar-refractivity contribution in [2.75, 3.05) is 6.61 Å². The first kappa shape index (κ1) is 34.6. The zero-order valence-corrected chi connectivity index (χ0v) is 26.8. The number of fused-ring (bicyclic) bond motifs is 1. The van der Waals surface area contributed by atoms with Gasteiger partial charge in [0.15, 0.2) is 11.5 Å². The third-order valence-corrected chi connectivity index (χ3v) is 8.30. The normalized spacial score (nSPS) is 11.5. The summed E-state index contributed by atoms with van der Waals surface area (Å²) < 4.78 is 5.97. The maximum absolute atomic E-state index is 11.1. The summed E-state index contributed by atoms with van der Waals surface area (Å²) in [5, 5.41) is 31.7. The lowest BCUT2D eigenvalue weighted by molar-refractivity contribution is -0.384. The number of unbranched alkanes of at least 4 members (excludes halogenated alkanes) is 15. The number of phenolic OH excluding ortho intramolecular Hbond substituents is 1. The lowest BCUT2D eigenvalue weighted by Crippen LogP contribution is -1.98. The number of aromatic hydroxyl groups is 1. The monoisotopic (exact) mass is 629 g/mol. The van der Waals surface area contributed by atoms with Gasteiger partial charge in [-0.25, -0.2) is 0 Å². The summed E-state index contributed by atoms with van der Waals surface area (Å²) in [6.07, 6.45) is 20.9. The number of phenols is 1. The van der Waals surface area contributed by atoms with Gasteiger partial charge in [-0.1, -0.05) is 151 Å². The molecule has 0 aromatic heterocycles. The molecule has 1 N–H and O–H groups in total. The summed E-state index contributed by atoms with van der Waals surface area (Å²) in [6, 6.07) is 11.4. The smallest absolute Gasteiger partial charge is 0.289 e. The van der Waals surface area contributed by atoms with Crippen LogP contribution in [0.5, 0.6) is 11.5 Å². The molecular weight excluding hydrogens is 585 g/mol. The van der Waals surface area contributed by atoms with Crippen LogP contribution >= 0.6 is 23.2 Å². The highest BCUT2D eigenvalue weighted by molar-refractivity contribution is 6.36. The van der Waals surface area contributed by atoms with E-state index in [9.17, 15) is 15.2 Å². The molecule has 0 saturated heterocycles. The quantitative estimate of drug-likeness (QED) is 0.0548. The van der Waals surface area contributed by atoms with Crippen LogP contribution in [0, 0.1) is 10.1 Å². The van der Waals surface area contributed by atoms with E-state index in [0.29, 0.717) is 28.8 Å². The second-order valence-electron chi connectivity index (χ2n) is 11.2. The van der Waals surface area contributed by atoms with Crippen molar-refractivity contribution >= 4 is 51.0 Å². The van der Waals surface area contributed by atoms with Gasteiger partial charge in [-0.15, -0.1) is 10.2 Å². The Bertz CT molecular complexity index is 1330. The highest BCUT2D eigenvalue weighted by Crippen LogP contribution is 2.42. The molecule has 234 valence electrons. The van der Waals surface area contributed by atoms with Crippen molar-refractivity contribution in [2.24, 2.45) is 10.2 Å². The second-order valence-corrected chi connectivity index (χ2v) is 12.0. The molecule has 0 aliphatic carbocycles. The number of nitrogens with zero attached hydrogens (tertiary/aromatic N) is 3. The first-order chi connectivity index (χ1) is 20.9. The van der Waals surface area contributed by atoms with Crippen LogP contribution in [-0.2, 0) is 0 Å². The number of hydrogen-bond acceptors (Lipinski definition) is 6. The van der Waals surface area contributed by atoms with Gasteiger partial charge in [-0.3, -0.25) is 10.1 Å². The average Bonchev–Trinajstić information content (AvgIpc) is 3.00. The number of nitro benzene ring substituents is 1. The van der Waals surface area contributed by atoms with Gasteiger partial charge in [0, 0.05) is 22.9 Å². The van der Waals surface area contributed by atoms with Gasteiger partial charge >= 0.3 is 0 Å². The number of rotatable bonds is 21. The fourth-order valence-electron chi connectivity index (χ4n) is 5.19. The first-order valence-electron chi connectivity index (χ1n) is 15.8. The van der Waals surface area contributed by atoms with Gasteiger partial charge in [0.05, 0.1) is 22.2 Å². The Morgan fingerprint density at radius 1 is 0.721 bits per heavy atom. The van der Waals surface area contributed by atoms with Crippen LogP contribution in [0.25, 0.3) is 10.8 Å². The molecule has 0 atom stereocenters. The summed E-state index contributed by atoms with van der Waals surface area (Å²) in [6.45, 7) is 2.76. The molecule has 0 heterocycles. The third-order valence-electron chi connectivity index (χ3n) is 7.69. The molecule has 3 aromatic rings.